The molecule has 26 heavy (non-hydrogen) atoms. The second kappa shape index (κ2) is 6.65. The third-order valence-corrected chi connectivity index (χ3v) is 6.90. The van der Waals surface area contributed by atoms with E-state index in [9.17, 15) is 0 Å². The molecular formula is C20H25N5S. The molecule has 0 aromatic carbocycles. The Bertz CT molecular complexity index is 910. The zero-order valence-electron chi connectivity index (χ0n) is 15.3. The lowest BCUT2D eigenvalue weighted by Crippen LogP contribution is -2.36. The maximum absolute atomic E-state index is 4.75. The minimum atomic E-state index is 0.489. The number of anilines is 1. The molecule has 1 atom stereocenters. The summed E-state index contributed by atoms with van der Waals surface area (Å²) in [6.45, 7) is 5.36. The summed E-state index contributed by atoms with van der Waals surface area (Å²) in [6.07, 6.45) is 12.4. The smallest absolute Gasteiger partial charge is 0.140 e. The Morgan fingerprint density at radius 3 is 2.92 bits per heavy atom. The monoisotopic (exact) mass is 367 g/mol. The number of aromatic nitrogens is 4. The van der Waals surface area contributed by atoms with Crippen molar-refractivity contribution in [1.82, 2.24) is 19.5 Å². The van der Waals surface area contributed by atoms with Crippen LogP contribution in [0.25, 0.3) is 10.2 Å². The standard InChI is InChI=1S/C20H25N5S/c1-14-10-17-19(22-13-23-20(17)26-14)24-8-3-6-16(12-24)18-21-7-9-25(18)11-15-4-2-5-15/h7,9-10,13,15-16H,2-6,8,11-12H2,1H3/t16-/m0/s1. The van der Waals surface area contributed by atoms with Gasteiger partial charge < -0.3 is 9.47 Å². The Morgan fingerprint density at radius 1 is 1.15 bits per heavy atom. The molecule has 3 aromatic rings. The SMILES string of the molecule is Cc1cc2c(N3CCC[C@H](c4nccn4CC4CCC4)C3)ncnc2s1. The van der Waals surface area contributed by atoms with Gasteiger partial charge in [0.05, 0.1) is 5.39 Å². The summed E-state index contributed by atoms with van der Waals surface area (Å²) in [7, 11) is 0. The Kier molecular flexibility index (Phi) is 4.15. The number of hydrogen-bond acceptors (Lipinski definition) is 5. The quantitative estimate of drug-likeness (QED) is 0.686. The van der Waals surface area contributed by atoms with Crippen LogP contribution in [0.5, 0.6) is 0 Å². The summed E-state index contributed by atoms with van der Waals surface area (Å²) in [5.74, 6) is 3.72. The number of hydrogen-bond donors (Lipinski definition) is 0. The molecule has 4 heterocycles. The zero-order chi connectivity index (χ0) is 17.5. The third-order valence-electron chi connectivity index (χ3n) is 5.94. The van der Waals surface area contributed by atoms with E-state index in [0.717, 1.165) is 36.2 Å². The normalized spacial score (nSPS) is 21.3. The highest BCUT2D eigenvalue weighted by atomic mass is 32.1. The van der Waals surface area contributed by atoms with Gasteiger partial charge >= 0.3 is 0 Å². The lowest BCUT2D eigenvalue weighted by molar-refractivity contribution is 0.270. The number of nitrogens with zero attached hydrogens (tertiary/aromatic N) is 5. The van der Waals surface area contributed by atoms with Crippen molar-refractivity contribution in [1.29, 1.82) is 0 Å². The molecule has 2 aliphatic rings. The van der Waals surface area contributed by atoms with Gasteiger partial charge in [-0.2, -0.15) is 0 Å². The summed E-state index contributed by atoms with van der Waals surface area (Å²) in [5, 5.41) is 1.20. The maximum atomic E-state index is 4.75. The van der Waals surface area contributed by atoms with Crippen LogP contribution in [0.1, 0.15) is 48.7 Å². The van der Waals surface area contributed by atoms with Crippen molar-refractivity contribution >= 4 is 27.4 Å². The van der Waals surface area contributed by atoms with Crippen LogP contribution in [0.4, 0.5) is 5.82 Å². The van der Waals surface area contributed by atoms with Gasteiger partial charge in [0.25, 0.3) is 0 Å². The first-order valence-electron chi connectivity index (χ1n) is 9.75. The lowest BCUT2D eigenvalue weighted by Gasteiger charge is -2.34. The van der Waals surface area contributed by atoms with Crippen molar-refractivity contribution in [2.75, 3.05) is 18.0 Å². The molecule has 1 saturated heterocycles. The molecule has 5 nitrogen and oxygen atoms in total. The van der Waals surface area contributed by atoms with Gasteiger partial charge in [0, 0.05) is 42.8 Å². The zero-order valence-corrected chi connectivity index (χ0v) is 16.1. The van der Waals surface area contributed by atoms with Crippen LogP contribution >= 0.6 is 11.3 Å². The van der Waals surface area contributed by atoms with E-state index in [0.29, 0.717) is 5.92 Å². The van der Waals surface area contributed by atoms with E-state index in [4.69, 9.17) is 4.98 Å². The highest BCUT2D eigenvalue weighted by molar-refractivity contribution is 7.18. The minimum absolute atomic E-state index is 0.489. The Balaban J connectivity index is 1.40. The van der Waals surface area contributed by atoms with Gasteiger partial charge in [-0.3, -0.25) is 0 Å². The van der Waals surface area contributed by atoms with Gasteiger partial charge in [0.2, 0.25) is 0 Å². The number of aryl methyl sites for hydroxylation is 1. The van der Waals surface area contributed by atoms with Crippen molar-refractivity contribution in [3.05, 3.63) is 35.5 Å². The Hall–Kier alpha value is -1.95. The first-order chi connectivity index (χ1) is 12.8. The summed E-state index contributed by atoms with van der Waals surface area (Å²) in [5.41, 5.74) is 0. The van der Waals surface area contributed by atoms with Gasteiger partial charge in [-0.1, -0.05) is 6.42 Å². The van der Waals surface area contributed by atoms with Crippen molar-refractivity contribution in [2.24, 2.45) is 5.92 Å². The fourth-order valence-electron chi connectivity index (χ4n) is 4.38. The topological polar surface area (TPSA) is 46.8 Å². The molecular weight excluding hydrogens is 342 g/mol. The van der Waals surface area contributed by atoms with Gasteiger partial charge in [-0.25, -0.2) is 15.0 Å². The molecule has 6 heteroatoms. The Labute approximate surface area is 158 Å². The van der Waals surface area contributed by atoms with Crippen LogP contribution in [0, 0.1) is 12.8 Å². The molecule has 1 aliphatic carbocycles. The van der Waals surface area contributed by atoms with E-state index in [1.807, 2.05) is 6.20 Å². The molecule has 1 saturated carbocycles. The Morgan fingerprint density at radius 2 is 2.08 bits per heavy atom. The molecule has 3 aromatic heterocycles. The first-order valence-corrected chi connectivity index (χ1v) is 10.6. The van der Waals surface area contributed by atoms with Crippen molar-refractivity contribution in [2.45, 2.75) is 51.5 Å². The van der Waals surface area contributed by atoms with Crippen LogP contribution in [-0.2, 0) is 6.54 Å². The summed E-state index contributed by atoms with van der Waals surface area (Å²) < 4.78 is 2.42. The maximum Gasteiger partial charge on any atom is 0.140 e. The average Bonchev–Trinajstić information content (AvgIpc) is 3.23. The van der Waals surface area contributed by atoms with Crippen LogP contribution in [0.3, 0.4) is 0 Å². The number of fused-ring (bicyclic) bond motifs is 1. The molecule has 2 fully saturated rings. The lowest BCUT2D eigenvalue weighted by atomic mass is 9.85. The number of thiophene rings is 1. The summed E-state index contributed by atoms with van der Waals surface area (Å²) >= 11 is 1.75. The predicted octanol–water partition coefficient (Wildman–Crippen LogP) is 4.38. The fourth-order valence-corrected chi connectivity index (χ4v) is 5.23. The average molecular weight is 368 g/mol. The van der Waals surface area contributed by atoms with E-state index in [-0.39, 0.29) is 0 Å². The minimum Gasteiger partial charge on any atom is -0.355 e. The highest BCUT2D eigenvalue weighted by Crippen LogP contribution is 2.35. The molecule has 0 radical (unpaired) electrons. The molecule has 0 bridgehead atoms. The van der Waals surface area contributed by atoms with E-state index in [1.165, 1.54) is 48.2 Å². The molecule has 1 aliphatic heterocycles. The van der Waals surface area contributed by atoms with Crippen LogP contribution in [-0.4, -0.2) is 32.6 Å². The van der Waals surface area contributed by atoms with E-state index in [1.54, 1.807) is 17.7 Å². The van der Waals surface area contributed by atoms with Crippen molar-refractivity contribution < 1.29 is 0 Å². The van der Waals surface area contributed by atoms with Crippen LogP contribution in [0.15, 0.2) is 24.8 Å². The molecule has 136 valence electrons. The molecule has 0 N–H and O–H groups in total. The van der Waals surface area contributed by atoms with E-state index >= 15 is 0 Å². The van der Waals surface area contributed by atoms with Gasteiger partial charge in [-0.05, 0) is 44.6 Å². The van der Waals surface area contributed by atoms with Gasteiger partial charge in [0.1, 0.15) is 22.8 Å². The molecule has 5 rings (SSSR count). The number of piperidine rings is 1. The second-order valence-electron chi connectivity index (χ2n) is 7.79. The number of imidazole rings is 1. The first kappa shape index (κ1) is 16.2. The van der Waals surface area contributed by atoms with Crippen molar-refractivity contribution in [3.8, 4) is 0 Å². The fraction of sp³-hybridized carbons (Fsp3) is 0.550. The molecule has 0 spiro atoms. The van der Waals surface area contributed by atoms with Gasteiger partial charge in [-0.15, -0.1) is 11.3 Å². The van der Waals surface area contributed by atoms with E-state index < -0.39 is 0 Å². The summed E-state index contributed by atoms with van der Waals surface area (Å²) in [6, 6.07) is 2.23. The van der Waals surface area contributed by atoms with Crippen molar-refractivity contribution in [3.63, 3.8) is 0 Å². The molecule has 0 amide bonds. The third kappa shape index (κ3) is 2.90. The second-order valence-corrected chi connectivity index (χ2v) is 9.03. The largest absolute Gasteiger partial charge is 0.355 e. The van der Waals surface area contributed by atoms with Gasteiger partial charge in [0.15, 0.2) is 0 Å². The highest BCUT2D eigenvalue weighted by Gasteiger charge is 2.28. The molecule has 0 unspecified atom stereocenters. The summed E-state index contributed by atoms with van der Waals surface area (Å²) in [4.78, 5) is 18.7. The van der Waals surface area contributed by atoms with Crippen LogP contribution in [0.2, 0.25) is 0 Å². The number of rotatable bonds is 4. The van der Waals surface area contributed by atoms with Crippen LogP contribution < -0.4 is 4.90 Å². The predicted molar refractivity (Wildman–Crippen MR) is 106 cm³/mol. The van der Waals surface area contributed by atoms with E-state index in [2.05, 4.69) is 38.6 Å².